The minimum Gasteiger partial charge on any atom is -0.497 e. The molecule has 4 rings (SSSR count). The van der Waals surface area contributed by atoms with Crippen LogP contribution in [0.1, 0.15) is 26.2 Å². The quantitative estimate of drug-likeness (QED) is 0.690. The third-order valence-corrected chi connectivity index (χ3v) is 5.42. The van der Waals surface area contributed by atoms with E-state index in [1.165, 1.54) is 4.57 Å². The maximum absolute atomic E-state index is 13.3. The Balaban J connectivity index is 2.07. The highest BCUT2D eigenvalue weighted by Gasteiger charge is 2.23. The second-order valence-corrected chi connectivity index (χ2v) is 7.12. The van der Waals surface area contributed by atoms with E-state index in [2.05, 4.69) is 0 Å². The van der Waals surface area contributed by atoms with Gasteiger partial charge in [0.05, 0.1) is 30.8 Å². The molecule has 3 heterocycles. The summed E-state index contributed by atoms with van der Waals surface area (Å²) in [6.07, 6.45) is 2.58. The lowest BCUT2D eigenvalue weighted by Gasteiger charge is -2.15. The van der Waals surface area contributed by atoms with Crippen molar-refractivity contribution < 1.29 is 9.47 Å². The van der Waals surface area contributed by atoms with Crippen LogP contribution in [0.4, 0.5) is 0 Å². The number of nitrogens with zero attached hydrogens (tertiary/aromatic N) is 3. The Bertz CT molecular complexity index is 1120. The molecule has 0 radical (unpaired) electrons. The van der Waals surface area contributed by atoms with E-state index in [9.17, 15) is 9.59 Å². The molecule has 1 saturated heterocycles. The standard InChI is InChI=1S/C20H25N3O4/c1-4-9-22-17-15-11-13(26-3)7-8-16(15)21(2)18(17)19(24)23(20(22)25)12-14-6-5-10-27-14/h7-8,11,14H,4-6,9-10,12H2,1-3H3. The lowest BCUT2D eigenvalue weighted by Crippen LogP contribution is -2.42. The van der Waals surface area contributed by atoms with Gasteiger partial charge in [0.25, 0.3) is 5.56 Å². The van der Waals surface area contributed by atoms with Gasteiger partial charge in [0, 0.05) is 25.6 Å². The molecule has 7 nitrogen and oxygen atoms in total. The molecular formula is C20H25N3O4. The summed E-state index contributed by atoms with van der Waals surface area (Å²) in [5.41, 5.74) is 1.62. The summed E-state index contributed by atoms with van der Waals surface area (Å²) in [5, 5.41) is 0.860. The van der Waals surface area contributed by atoms with Crippen LogP contribution in [0.25, 0.3) is 21.9 Å². The number of aromatic nitrogens is 3. The van der Waals surface area contributed by atoms with Crippen LogP contribution in [0.2, 0.25) is 0 Å². The fourth-order valence-electron chi connectivity index (χ4n) is 4.09. The predicted molar refractivity (Wildman–Crippen MR) is 105 cm³/mol. The van der Waals surface area contributed by atoms with Crippen molar-refractivity contribution >= 4 is 21.9 Å². The van der Waals surface area contributed by atoms with Crippen molar-refractivity contribution in [2.75, 3.05) is 13.7 Å². The predicted octanol–water partition coefficient (Wildman–Crippen LogP) is 2.25. The second kappa shape index (κ2) is 6.88. The topological polar surface area (TPSA) is 67.4 Å². The van der Waals surface area contributed by atoms with Crippen molar-refractivity contribution in [3.8, 4) is 5.75 Å². The van der Waals surface area contributed by atoms with Gasteiger partial charge < -0.3 is 14.0 Å². The Labute approximate surface area is 156 Å². The summed E-state index contributed by atoms with van der Waals surface area (Å²) in [6, 6.07) is 5.69. The summed E-state index contributed by atoms with van der Waals surface area (Å²) < 4.78 is 16.0. The summed E-state index contributed by atoms with van der Waals surface area (Å²) in [7, 11) is 3.48. The van der Waals surface area contributed by atoms with Gasteiger partial charge in [-0.2, -0.15) is 0 Å². The first-order valence-corrected chi connectivity index (χ1v) is 9.48. The first-order valence-electron chi connectivity index (χ1n) is 9.48. The third kappa shape index (κ3) is 2.77. The molecule has 0 saturated carbocycles. The molecule has 0 spiro atoms. The van der Waals surface area contributed by atoms with Crippen LogP contribution >= 0.6 is 0 Å². The molecular weight excluding hydrogens is 346 g/mol. The summed E-state index contributed by atoms with van der Waals surface area (Å²) in [4.78, 5) is 26.5. The van der Waals surface area contributed by atoms with E-state index in [0.717, 1.165) is 30.2 Å². The van der Waals surface area contributed by atoms with Crippen molar-refractivity contribution in [3.05, 3.63) is 39.0 Å². The van der Waals surface area contributed by atoms with Crippen LogP contribution < -0.4 is 16.0 Å². The van der Waals surface area contributed by atoms with E-state index in [4.69, 9.17) is 9.47 Å². The number of aryl methyl sites for hydroxylation is 2. The molecule has 7 heteroatoms. The molecule has 3 aromatic rings. The van der Waals surface area contributed by atoms with Crippen molar-refractivity contribution in [2.45, 2.75) is 45.4 Å². The highest BCUT2D eigenvalue weighted by atomic mass is 16.5. The van der Waals surface area contributed by atoms with Gasteiger partial charge in [-0.1, -0.05) is 6.92 Å². The van der Waals surface area contributed by atoms with Crippen LogP contribution in [0.5, 0.6) is 5.75 Å². The molecule has 1 unspecified atom stereocenters. The molecule has 1 atom stereocenters. The van der Waals surface area contributed by atoms with E-state index >= 15 is 0 Å². The molecule has 1 aromatic carbocycles. The Morgan fingerprint density at radius 2 is 2.04 bits per heavy atom. The molecule has 2 aromatic heterocycles. The lowest BCUT2D eigenvalue weighted by molar-refractivity contribution is 0.0948. The zero-order valence-corrected chi connectivity index (χ0v) is 16.0. The van der Waals surface area contributed by atoms with Gasteiger partial charge in [-0.3, -0.25) is 13.9 Å². The second-order valence-electron chi connectivity index (χ2n) is 7.12. The van der Waals surface area contributed by atoms with E-state index in [0.29, 0.717) is 36.5 Å². The molecule has 1 aliphatic rings. The van der Waals surface area contributed by atoms with Crippen molar-refractivity contribution in [2.24, 2.45) is 7.05 Å². The number of hydrogen-bond donors (Lipinski definition) is 0. The van der Waals surface area contributed by atoms with Crippen molar-refractivity contribution in [1.82, 2.24) is 13.7 Å². The van der Waals surface area contributed by atoms with Crippen LogP contribution in [-0.4, -0.2) is 33.5 Å². The number of benzene rings is 1. The molecule has 0 amide bonds. The third-order valence-electron chi connectivity index (χ3n) is 5.42. The Hall–Kier alpha value is -2.54. The summed E-state index contributed by atoms with van der Waals surface area (Å²) in [6.45, 7) is 3.58. The van der Waals surface area contributed by atoms with Gasteiger partial charge in [0.1, 0.15) is 11.3 Å². The Kier molecular flexibility index (Phi) is 4.55. The van der Waals surface area contributed by atoms with Gasteiger partial charge in [-0.25, -0.2) is 4.79 Å². The molecule has 1 fully saturated rings. The number of ether oxygens (including phenoxy) is 2. The number of rotatable bonds is 5. The molecule has 144 valence electrons. The van der Waals surface area contributed by atoms with Gasteiger partial charge in [0.15, 0.2) is 0 Å². The molecule has 27 heavy (non-hydrogen) atoms. The lowest BCUT2D eigenvalue weighted by atomic mass is 10.2. The van der Waals surface area contributed by atoms with E-state index in [1.807, 2.05) is 36.7 Å². The molecule has 0 aliphatic carbocycles. The van der Waals surface area contributed by atoms with Crippen LogP contribution in [0.3, 0.4) is 0 Å². The van der Waals surface area contributed by atoms with E-state index in [-0.39, 0.29) is 17.4 Å². The monoisotopic (exact) mass is 371 g/mol. The zero-order valence-electron chi connectivity index (χ0n) is 16.0. The van der Waals surface area contributed by atoms with Gasteiger partial charge in [-0.05, 0) is 37.5 Å². The maximum atomic E-state index is 13.3. The van der Waals surface area contributed by atoms with Crippen molar-refractivity contribution in [1.29, 1.82) is 0 Å². The van der Waals surface area contributed by atoms with Crippen LogP contribution in [0, 0.1) is 0 Å². The minimum absolute atomic E-state index is 0.0716. The zero-order chi connectivity index (χ0) is 19.1. The molecule has 0 bridgehead atoms. The number of methoxy groups -OCH3 is 1. The molecule has 0 N–H and O–H groups in total. The average molecular weight is 371 g/mol. The highest BCUT2D eigenvalue weighted by molar-refractivity contribution is 6.06. The Morgan fingerprint density at radius 3 is 2.70 bits per heavy atom. The van der Waals surface area contributed by atoms with E-state index < -0.39 is 0 Å². The average Bonchev–Trinajstić information content (AvgIpc) is 3.28. The summed E-state index contributed by atoms with van der Waals surface area (Å²) in [5.74, 6) is 0.703. The van der Waals surface area contributed by atoms with Crippen LogP contribution in [-0.2, 0) is 24.9 Å². The fourth-order valence-corrected chi connectivity index (χ4v) is 4.09. The van der Waals surface area contributed by atoms with Gasteiger partial charge >= 0.3 is 5.69 Å². The minimum atomic E-state index is -0.264. The van der Waals surface area contributed by atoms with Crippen LogP contribution in [0.15, 0.2) is 27.8 Å². The van der Waals surface area contributed by atoms with Gasteiger partial charge in [-0.15, -0.1) is 0 Å². The highest BCUT2D eigenvalue weighted by Crippen LogP contribution is 2.29. The largest absolute Gasteiger partial charge is 0.497 e. The first-order chi connectivity index (χ1) is 13.1. The first kappa shape index (κ1) is 17.9. The molecule has 1 aliphatic heterocycles. The smallest absolute Gasteiger partial charge is 0.331 e. The number of fused-ring (bicyclic) bond motifs is 3. The normalized spacial score (nSPS) is 17.2. The van der Waals surface area contributed by atoms with Crippen molar-refractivity contribution in [3.63, 3.8) is 0 Å². The Morgan fingerprint density at radius 1 is 1.22 bits per heavy atom. The fraction of sp³-hybridized carbons (Fsp3) is 0.500. The van der Waals surface area contributed by atoms with E-state index in [1.54, 1.807) is 11.7 Å². The SMILES string of the molecule is CCCn1c(=O)n(CC2CCCO2)c(=O)c2c1c1cc(OC)ccc1n2C. The van der Waals surface area contributed by atoms with Gasteiger partial charge in [0.2, 0.25) is 0 Å². The number of hydrogen-bond acceptors (Lipinski definition) is 4. The maximum Gasteiger partial charge on any atom is 0.331 e. The summed E-state index contributed by atoms with van der Waals surface area (Å²) >= 11 is 0.